The van der Waals surface area contributed by atoms with Crippen LogP contribution in [0.15, 0.2) is 53.4 Å². The van der Waals surface area contributed by atoms with E-state index in [-0.39, 0.29) is 24.1 Å². The van der Waals surface area contributed by atoms with Crippen LogP contribution in [0.4, 0.5) is 10.5 Å². The number of sulfonamides is 1. The van der Waals surface area contributed by atoms with Crippen LogP contribution in [0.25, 0.3) is 0 Å². The number of anilines is 1. The lowest BCUT2D eigenvalue weighted by Gasteiger charge is -2.15. The first kappa shape index (κ1) is 20.9. The van der Waals surface area contributed by atoms with E-state index in [0.717, 1.165) is 12.8 Å². The monoisotopic (exact) mass is 419 g/mol. The van der Waals surface area contributed by atoms with E-state index in [0.29, 0.717) is 30.3 Å². The highest BCUT2D eigenvalue weighted by Gasteiger charge is 2.26. The van der Waals surface area contributed by atoms with Crippen molar-refractivity contribution in [3.8, 4) is 11.5 Å². The highest BCUT2D eigenvalue weighted by Crippen LogP contribution is 2.23. The maximum Gasteiger partial charge on any atom is 0.319 e. The van der Waals surface area contributed by atoms with Gasteiger partial charge in [-0.1, -0.05) is 12.1 Å². The third kappa shape index (κ3) is 5.39. The third-order valence-corrected chi connectivity index (χ3v) is 6.45. The lowest BCUT2D eigenvalue weighted by molar-refractivity contribution is 0.247. The zero-order valence-electron chi connectivity index (χ0n) is 16.3. The second kappa shape index (κ2) is 9.62. The average molecular weight is 420 g/mol. The molecule has 0 spiro atoms. The van der Waals surface area contributed by atoms with Crippen molar-refractivity contribution in [2.24, 2.45) is 0 Å². The number of rotatable bonds is 8. The van der Waals surface area contributed by atoms with Crippen LogP contribution in [-0.2, 0) is 10.0 Å². The van der Waals surface area contributed by atoms with Gasteiger partial charge in [0.25, 0.3) is 0 Å². The van der Waals surface area contributed by atoms with E-state index in [2.05, 4.69) is 10.6 Å². The second-order valence-electron chi connectivity index (χ2n) is 6.51. The minimum absolute atomic E-state index is 0.248. The molecule has 2 amide bonds. The Hall–Kier alpha value is -2.78. The number of amides is 2. The number of nitrogens with one attached hydrogen (secondary N) is 2. The number of hydrogen-bond acceptors (Lipinski definition) is 5. The van der Waals surface area contributed by atoms with Gasteiger partial charge in [0.05, 0.1) is 24.2 Å². The Morgan fingerprint density at radius 1 is 1.07 bits per heavy atom. The molecule has 9 heteroatoms. The predicted molar refractivity (Wildman–Crippen MR) is 110 cm³/mol. The van der Waals surface area contributed by atoms with Gasteiger partial charge in [-0.2, -0.15) is 4.31 Å². The number of hydrogen-bond donors (Lipinski definition) is 2. The Morgan fingerprint density at radius 3 is 2.45 bits per heavy atom. The largest absolute Gasteiger partial charge is 0.495 e. The van der Waals surface area contributed by atoms with Gasteiger partial charge >= 0.3 is 6.03 Å². The Bertz CT molecular complexity index is 925. The van der Waals surface area contributed by atoms with Gasteiger partial charge in [0.1, 0.15) is 18.1 Å². The summed E-state index contributed by atoms with van der Waals surface area (Å²) >= 11 is 0. The average Bonchev–Trinajstić information content (AvgIpc) is 3.28. The first-order chi connectivity index (χ1) is 14.0. The smallest absolute Gasteiger partial charge is 0.319 e. The van der Waals surface area contributed by atoms with E-state index in [9.17, 15) is 13.2 Å². The van der Waals surface area contributed by atoms with Crippen LogP contribution >= 0.6 is 0 Å². The molecule has 1 fully saturated rings. The first-order valence-corrected chi connectivity index (χ1v) is 10.9. The van der Waals surface area contributed by atoms with Crippen molar-refractivity contribution in [1.82, 2.24) is 9.62 Å². The number of carbonyl (C=O) groups is 1. The number of ether oxygens (including phenoxy) is 2. The van der Waals surface area contributed by atoms with Gasteiger partial charge < -0.3 is 20.1 Å². The van der Waals surface area contributed by atoms with Crippen molar-refractivity contribution >= 4 is 21.7 Å². The summed E-state index contributed by atoms with van der Waals surface area (Å²) in [6, 6.07) is 13.1. The van der Waals surface area contributed by atoms with Crippen molar-refractivity contribution in [3.05, 3.63) is 48.5 Å². The summed E-state index contributed by atoms with van der Waals surface area (Å²) in [6.07, 6.45) is 1.80. The lowest BCUT2D eigenvalue weighted by atomic mass is 10.3. The molecule has 0 aromatic heterocycles. The van der Waals surface area contributed by atoms with E-state index >= 15 is 0 Å². The molecule has 1 aliphatic rings. The van der Waals surface area contributed by atoms with Gasteiger partial charge in [0, 0.05) is 13.1 Å². The second-order valence-corrected chi connectivity index (χ2v) is 8.45. The highest BCUT2D eigenvalue weighted by molar-refractivity contribution is 7.89. The molecule has 1 heterocycles. The number of benzene rings is 2. The summed E-state index contributed by atoms with van der Waals surface area (Å²) in [5.41, 5.74) is 0.572. The van der Waals surface area contributed by atoms with Crippen molar-refractivity contribution in [2.45, 2.75) is 17.7 Å². The molecule has 0 saturated carbocycles. The number of carbonyl (C=O) groups excluding carboxylic acids is 1. The summed E-state index contributed by atoms with van der Waals surface area (Å²) in [6.45, 7) is 1.68. The first-order valence-electron chi connectivity index (χ1n) is 9.41. The zero-order chi connectivity index (χ0) is 20.7. The summed E-state index contributed by atoms with van der Waals surface area (Å²) in [7, 11) is -1.89. The minimum Gasteiger partial charge on any atom is -0.495 e. The molecular weight excluding hydrogens is 394 g/mol. The van der Waals surface area contributed by atoms with Crippen LogP contribution in [0.2, 0.25) is 0 Å². The van der Waals surface area contributed by atoms with Gasteiger partial charge in [-0.3, -0.25) is 0 Å². The summed E-state index contributed by atoms with van der Waals surface area (Å²) in [4.78, 5) is 12.2. The van der Waals surface area contributed by atoms with E-state index in [1.807, 2.05) is 6.07 Å². The van der Waals surface area contributed by atoms with Crippen LogP contribution in [0.5, 0.6) is 11.5 Å². The highest BCUT2D eigenvalue weighted by atomic mass is 32.2. The molecular formula is C20H25N3O5S. The lowest BCUT2D eigenvalue weighted by Crippen LogP contribution is -2.32. The van der Waals surface area contributed by atoms with E-state index in [4.69, 9.17) is 9.47 Å². The summed E-state index contributed by atoms with van der Waals surface area (Å²) in [5.74, 6) is 1.11. The Balaban J connectivity index is 1.44. The molecule has 2 aromatic rings. The molecule has 0 radical (unpaired) electrons. The predicted octanol–water partition coefficient (Wildman–Crippen LogP) is 2.68. The molecule has 1 aliphatic heterocycles. The van der Waals surface area contributed by atoms with E-state index < -0.39 is 10.0 Å². The van der Waals surface area contributed by atoms with Gasteiger partial charge in [-0.05, 0) is 49.2 Å². The number of methoxy groups -OCH3 is 1. The number of urea groups is 1. The van der Waals surface area contributed by atoms with Gasteiger partial charge in [0.2, 0.25) is 10.0 Å². The molecule has 29 heavy (non-hydrogen) atoms. The van der Waals surface area contributed by atoms with Crippen molar-refractivity contribution < 1.29 is 22.7 Å². The fourth-order valence-electron chi connectivity index (χ4n) is 3.03. The number of nitrogens with zero attached hydrogens (tertiary/aromatic N) is 1. The third-order valence-electron chi connectivity index (χ3n) is 4.54. The van der Waals surface area contributed by atoms with Gasteiger partial charge in [-0.25, -0.2) is 13.2 Å². The van der Waals surface area contributed by atoms with E-state index in [1.165, 1.54) is 11.4 Å². The Morgan fingerprint density at radius 2 is 1.76 bits per heavy atom. The topological polar surface area (TPSA) is 97.0 Å². The fraction of sp³-hybridized carbons (Fsp3) is 0.350. The van der Waals surface area contributed by atoms with Crippen molar-refractivity contribution in [3.63, 3.8) is 0 Å². The number of para-hydroxylation sites is 2. The fourth-order valence-corrected chi connectivity index (χ4v) is 4.55. The normalized spacial score (nSPS) is 14.4. The Kier molecular flexibility index (Phi) is 6.95. The van der Waals surface area contributed by atoms with Crippen LogP contribution in [0, 0.1) is 0 Å². The standard InChI is InChI=1S/C20H25N3O5S/c1-27-19-7-3-2-6-18(19)22-20(24)21-12-15-28-16-8-10-17(11-9-16)29(25,26)23-13-4-5-14-23/h2-3,6-11H,4-5,12-15H2,1H3,(H2,21,22,24). The Labute approximate surface area is 170 Å². The van der Waals surface area contributed by atoms with Crippen molar-refractivity contribution in [2.75, 3.05) is 38.7 Å². The van der Waals surface area contributed by atoms with E-state index in [1.54, 1.807) is 42.5 Å². The van der Waals surface area contributed by atoms with Gasteiger partial charge in [0.15, 0.2) is 0 Å². The SMILES string of the molecule is COc1ccccc1NC(=O)NCCOc1ccc(S(=O)(=O)N2CCCC2)cc1. The minimum atomic E-state index is -3.43. The molecule has 8 nitrogen and oxygen atoms in total. The summed E-state index contributed by atoms with van der Waals surface area (Å²) in [5, 5.41) is 5.40. The molecule has 156 valence electrons. The molecule has 0 bridgehead atoms. The maximum atomic E-state index is 12.5. The van der Waals surface area contributed by atoms with Crippen LogP contribution < -0.4 is 20.1 Å². The molecule has 2 N–H and O–H groups in total. The molecule has 0 unspecified atom stereocenters. The van der Waals surface area contributed by atoms with Gasteiger partial charge in [-0.15, -0.1) is 0 Å². The molecule has 0 aliphatic carbocycles. The van der Waals surface area contributed by atoms with Crippen molar-refractivity contribution in [1.29, 1.82) is 0 Å². The molecule has 2 aromatic carbocycles. The molecule has 3 rings (SSSR count). The molecule has 1 saturated heterocycles. The maximum absolute atomic E-state index is 12.5. The van der Waals surface area contributed by atoms with Crippen LogP contribution in [0.3, 0.4) is 0 Å². The summed E-state index contributed by atoms with van der Waals surface area (Å²) < 4.78 is 37.3. The zero-order valence-corrected chi connectivity index (χ0v) is 17.1. The van der Waals surface area contributed by atoms with Crippen LogP contribution in [-0.4, -0.2) is 52.1 Å². The molecule has 0 atom stereocenters. The quantitative estimate of drug-likeness (QED) is 0.641. The van der Waals surface area contributed by atoms with Crippen LogP contribution in [0.1, 0.15) is 12.8 Å².